The maximum atomic E-state index is 12.1. The summed E-state index contributed by atoms with van der Waals surface area (Å²) in [6.07, 6.45) is 0. The van der Waals surface area contributed by atoms with E-state index in [1.165, 1.54) is 5.56 Å². The van der Waals surface area contributed by atoms with Crippen molar-refractivity contribution >= 4 is 17.7 Å². The molecule has 0 spiro atoms. The van der Waals surface area contributed by atoms with Crippen molar-refractivity contribution in [3.05, 3.63) is 35.9 Å². The number of benzene rings is 1. The Morgan fingerprint density at radius 2 is 2.06 bits per heavy atom. The summed E-state index contributed by atoms with van der Waals surface area (Å²) in [5, 5.41) is 0.337. The normalized spacial score (nSPS) is 12.2. The van der Waals surface area contributed by atoms with E-state index in [-0.39, 0.29) is 5.91 Å². The number of nitrogens with zero attached hydrogens (tertiary/aromatic N) is 1. The molecule has 0 heterocycles. The topological polar surface area (TPSA) is 46.3 Å². The number of nitrogens with two attached hydrogens (primary N) is 1. The molecule has 3 nitrogen and oxygen atoms in total. The van der Waals surface area contributed by atoms with Crippen molar-refractivity contribution in [2.45, 2.75) is 25.6 Å². The lowest BCUT2D eigenvalue weighted by Crippen LogP contribution is -2.32. The van der Waals surface area contributed by atoms with E-state index >= 15 is 0 Å². The predicted molar refractivity (Wildman–Crippen MR) is 78.5 cm³/mol. The highest BCUT2D eigenvalue weighted by Gasteiger charge is 2.13. The van der Waals surface area contributed by atoms with E-state index < -0.39 is 0 Å². The van der Waals surface area contributed by atoms with Crippen LogP contribution in [0.1, 0.15) is 19.4 Å². The average molecular weight is 266 g/mol. The fourth-order valence-corrected chi connectivity index (χ4v) is 2.30. The number of hydrogen-bond donors (Lipinski definition) is 1. The van der Waals surface area contributed by atoms with Crippen molar-refractivity contribution in [2.24, 2.45) is 5.73 Å². The summed E-state index contributed by atoms with van der Waals surface area (Å²) in [6, 6.07) is 10.1. The Morgan fingerprint density at radius 1 is 1.39 bits per heavy atom. The van der Waals surface area contributed by atoms with Crippen molar-refractivity contribution < 1.29 is 4.79 Å². The van der Waals surface area contributed by atoms with Gasteiger partial charge in [-0.25, -0.2) is 0 Å². The van der Waals surface area contributed by atoms with E-state index in [1.54, 1.807) is 11.8 Å². The fourth-order valence-electron chi connectivity index (χ4n) is 1.55. The van der Waals surface area contributed by atoms with Crippen LogP contribution >= 0.6 is 11.8 Å². The van der Waals surface area contributed by atoms with Gasteiger partial charge in [-0.3, -0.25) is 4.79 Å². The Bertz CT molecular complexity index is 356. The second-order valence-corrected chi connectivity index (χ2v) is 5.68. The molecule has 0 aliphatic heterocycles. The summed E-state index contributed by atoms with van der Waals surface area (Å²) >= 11 is 1.62. The molecule has 1 unspecified atom stereocenters. The van der Waals surface area contributed by atoms with Gasteiger partial charge in [-0.05, 0) is 12.5 Å². The molecule has 0 fully saturated rings. The molecular weight excluding hydrogens is 244 g/mol. The highest BCUT2D eigenvalue weighted by Crippen LogP contribution is 2.11. The van der Waals surface area contributed by atoms with Gasteiger partial charge in [0.2, 0.25) is 5.91 Å². The van der Waals surface area contributed by atoms with E-state index in [1.807, 2.05) is 49.1 Å². The van der Waals surface area contributed by atoms with Crippen molar-refractivity contribution in [1.29, 1.82) is 0 Å². The van der Waals surface area contributed by atoms with Crippen LogP contribution in [0.4, 0.5) is 0 Å². The van der Waals surface area contributed by atoms with Crippen LogP contribution in [0.15, 0.2) is 30.3 Å². The van der Waals surface area contributed by atoms with Gasteiger partial charge in [0.15, 0.2) is 0 Å². The van der Waals surface area contributed by atoms with Crippen LogP contribution in [0.5, 0.6) is 0 Å². The van der Waals surface area contributed by atoms with E-state index in [2.05, 4.69) is 0 Å². The minimum Gasteiger partial charge on any atom is -0.338 e. The van der Waals surface area contributed by atoms with Gasteiger partial charge in [-0.2, -0.15) is 0 Å². The molecule has 1 rings (SSSR count). The zero-order valence-electron chi connectivity index (χ0n) is 11.1. The van der Waals surface area contributed by atoms with E-state index in [4.69, 9.17) is 5.73 Å². The van der Waals surface area contributed by atoms with Gasteiger partial charge in [0.05, 0.1) is 5.75 Å². The average Bonchev–Trinajstić information content (AvgIpc) is 2.42. The molecule has 1 aromatic rings. The zero-order chi connectivity index (χ0) is 13.4. The minimum absolute atomic E-state index is 0.187. The molecule has 0 aliphatic carbocycles. The largest absolute Gasteiger partial charge is 0.338 e. The Balaban J connectivity index is 2.48. The van der Waals surface area contributed by atoms with Crippen LogP contribution < -0.4 is 5.73 Å². The van der Waals surface area contributed by atoms with Crippen LogP contribution in [0.3, 0.4) is 0 Å². The first-order chi connectivity index (χ1) is 8.67. The molecule has 0 aromatic heterocycles. The van der Waals surface area contributed by atoms with Crippen molar-refractivity contribution in [1.82, 2.24) is 4.90 Å². The molecule has 100 valence electrons. The predicted octanol–water partition coefficient (Wildman–Crippen LogP) is 2.12. The first-order valence-corrected chi connectivity index (χ1v) is 7.35. The molecule has 0 radical (unpaired) electrons. The molecule has 1 atom stereocenters. The molecule has 1 amide bonds. The Kier molecular flexibility index (Phi) is 6.83. The van der Waals surface area contributed by atoms with Gasteiger partial charge in [-0.15, -0.1) is 11.8 Å². The molecule has 4 heteroatoms. The summed E-state index contributed by atoms with van der Waals surface area (Å²) < 4.78 is 0. The smallest absolute Gasteiger partial charge is 0.232 e. The quantitative estimate of drug-likeness (QED) is 0.822. The number of carbonyl (C=O) groups excluding carboxylic acids is 1. The van der Waals surface area contributed by atoms with Gasteiger partial charge in [0.25, 0.3) is 0 Å². The van der Waals surface area contributed by atoms with Crippen molar-refractivity contribution in [3.63, 3.8) is 0 Å². The maximum Gasteiger partial charge on any atom is 0.232 e. The monoisotopic (exact) mass is 266 g/mol. The summed E-state index contributed by atoms with van der Waals surface area (Å²) in [7, 11) is 0. The third kappa shape index (κ3) is 5.10. The third-order valence-electron chi connectivity index (χ3n) is 2.77. The minimum atomic E-state index is 0.187. The van der Waals surface area contributed by atoms with Gasteiger partial charge in [0, 0.05) is 24.9 Å². The first-order valence-electron chi connectivity index (χ1n) is 6.30. The molecule has 1 aromatic carbocycles. The van der Waals surface area contributed by atoms with Gasteiger partial charge in [0.1, 0.15) is 0 Å². The van der Waals surface area contributed by atoms with Crippen molar-refractivity contribution in [3.8, 4) is 0 Å². The Hall–Kier alpha value is -1.00. The second-order valence-electron chi connectivity index (χ2n) is 4.25. The summed E-state index contributed by atoms with van der Waals surface area (Å²) in [4.78, 5) is 13.9. The van der Waals surface area contributed by atoms with E-state index in [9.17, 15) is 4.79 Å². The van der Waals surface area contributed by atoms with Gasteiger partial charge >= 0.3 is 0 Å². The zero-order valence-corrected chi connectivity index (χ0v) is 12.0. The SMILES string of the molecule is CCN(Cc1ccccc1)C(=O)CSC(C)CN. The number of rotatable bonds is 7. The van der Waals surface area contributed by atoms with Crippen molar-refractivity contribution in [2.75, 3.05) is 18.8 Å². The van der Waals surface area contributed by atoms with Crippen LogP contribution in [0.2, 0.25) is 0 Å². The lowest BCUT2D eigenvalue weighted by molar-refractivity contribution is -0.128. The highest BCUT2D eigenvalue weighted by molar-refractivity contribution is 8.00. The molecule has 0 bridgehead atoms. The fraction of sp³-hybridized carbons (Fsp3) is 0.500. The summed E-state index contributed by atoms with van der Waals surface area (Å²) in [5.41, 5.74) is 6.72. The number of hydrogen-bond acceptors (Lipinski definition) is 3. The maximum absolute atomic E-state index is 12.1. The Labute approximate surface area is 114 Å². The highest BCUT2D eigenvalue weighted by atomic mass is 32.2. The lowest BCUT2D eigenvalue weighted by Gasteiger charge is -2.21. The van der Waals surface area contributed by atoms with Crippen LogP contribution in [-0.4, -0.2) is 34.9 Å². The molecule has 18 heavy (non-hydrogen) atoms. The van der Waals surface area contributed by atoms with E-state index in [0.29, 0.717) is 24.1 Å². The molecule has 0 saturated heterocycles. The van der Waals surface area contributed by atoms with Crippen LogP contribution in [0, 0.1) is 0 Å². The molecular formula is C14H22N2OS. The summed E-state index contributed by atoms with van der Waals surface area (Å²) in [5.74, 6) is 0.700. The lowest BCUT2D eigenvalue weighted by atomic mass is 10.2. The molecule has 0 aliphatic rings. The number of thioether (sulfide) groups is 1. The number of carbonyl (C=O) groups is 1. The Morgan fingerprint density at radius 3 is 2.61 bits per heavy atom. The summed E-state index contributed by atoms with van der Waals surface area (Å²) in [6.45, 7) is 6.10. The van der Waals surface area contributed by atoms with Gasteiger partial charge < -0.3 is 10.6 Å². The van der Waals surface area contributed by atoms with Crippen LogP contribution in [0.25, 0.3) is 0 Å². The number of amides is 1. The second kappa shape index (κ2) is 8.16. The van der Waals surface area contributed by atoms with E-state index in [0.717, 1.165) is 6.54 Å². The van der Waals surface area contributed by atoms with Gasteiger partial charge in [-0.1, -0.05) is 37.3 Å². The van der Waals surface area contributed by atoms with Crippen LogP contribution in [-0.2, 0) is 11.3 Å². The molecule has 0 saturated carbocycles. The third-order valence-corrected chi connectivity index (χ3v) is 3.95. The molecule has 2 N–H and O–H groups in total. The first kappa shape index (κ1) is 15.1. The standard InChI is InChI=1S/C14H22N2OS/c1-3-16(10-13-7-5-4-6-8-13)14(17)11-18-12(2)9-15/h4-8,12H,3,9-11,15H2,1-2H3.